The molecule has 2 rings (SSSR count). The Kier molecular flexibility index (Phi) is 2.50. The lowest BCUT2D eigenvalue weighted by atomic mass is 10.2. The van der Waals surface area contributed by atoms with Gasteiger partial charge in [-0.15, -0.1) is 0 Å². The highest BCUT2D eigenvalue weighted by Gasteiger charge is 2.17. The van der Waals surface area contributed by atoms with Gasteiger partial charge in [-0.3, -0.25) is 0 Å². The van der Waals surface area contributed by atoms with Gasteiger partial charge in [-0.05, 0) is 12.1 Å². The van der Waals surface area contributed by atoms with Crippen LogP contribution in [-0.2, 0) is 4.74 Å². The van der Waals surface area contributed by atoms with E-state index in [9.17, 15) is 4.79 Å². The summed E-state index contributed by atoms with van der Waals surface area (Å²) in [6, 6.07) is 3.41. The predicted molar refractivity (Wildman–Crippen MR) is 60.4 cm³/mol. The quantitative estimate of drug-likeness (QED) is 0.780. The van der Waals surface area contributed by atoms with Crippen molar-refractivity contribution in [2.24, 2.45) is 0 Å². The molecule has 0 saturated carbocycles. The van der Waals surface area contributed by atoms with E-state index in [0.29, 0.717) is 15.7 Å². The largest absolute Gasteiger partial charge is 0.465 e. The summed E-state index contributed by atoms with van der Waals surface area (Å²) in [7, 11) is 1.30. The van der Waals surface area contributed by atoms with Gasteiger partial charge in [0.1, 0.15) is 5.56 Å². The van der Waals surface area contributed by atoms with E-state index in [-0.39, 0.29) is 5.56 Å². The molecule has 4 nitrogen and oxygen atoms in total. The molecule has 0 aliphatic rings. The topological polar surface area (TPSA) is 65.2 Å². The number of thiazole rings is 1. The van der Waals surface area contributed by atoms with Crippen LogP contribution in [-0.4, -0.2) is 18.1 Å². The van der Waals surface area contributed by atoms with Crippen molar-refractivity contribution in [2.45, 2.75) is 0 Å². The number of carbonyl (C=O) groups excluding carboxylic acids is 1. The van der Waals surface area contributed by atoms with Gasteiger partial charge in [0.15, 0.2) is 5.13 Å². The number of nitrogens with zero attached hydrogens (tertiary/aromatic N) is 1. The summed E-state index contributed by atoms with van der Waals surface area (Å²) in [6.45, 7) is 0. The SMILES string of the molecule is COC(=O)c1c(Cl)ccc2sc(N)nc12. The average Bonchev–Trinajstić information content (AvgIpc) is 2.57. The minimum atomic E-state index is -0.504. The molecule has 0 atom stereocenters. The number of halogens is 1. The van der Waals surface area contributed by atoms with Crippen LogP contribution in [0, 0.1) is 0 Å². The molecule has 0 fully saturated rings. The van der Waals surface area contributed by atoms with E-state index in [0.717, 1.165) is 4.70 Å². The Bertz CT molecular complexity index is 538. The molecule has 1 aromatic carbocycles. The van der Waals surface area contributed by atoms with Crippen molar-refractivity contribution < 1.29 is 9.53 Å². The van der Waals surface area contributed by atoms with Gasteiger partial charge in [-0.2, -0.15) is 0 Å². The number of nitrogen functional groups attached to an aromatic ring is 1. The second-order valence-electron chi connectivity index (χ2n) is 2.81. The maximum atomic E-state index is 11.5. The van der Waals surface area contributed by atoms with Crippen LogP contribution in [0.4, 0.5) is 5.13 Å². The summed E-state index contributed by atoms with van der Waals surface area (Å²) in [5.41, 5.74) is 6.33. The molecule has 0 radical (unpaired) electrons. The number of carbonyl (C=O) groups is 1. The van der Waals surface area contributed by atoms with Crippen LogP contribution in [0.2, 0.25) is 5.02 Å². The maximum Gasteiger partial charge on any atom is 0.341 e. The summed E-state index contributed by atoms with van der Waals surface area (Å²) in [6.07, 6.45) is 0. The van der Waals surface area contributed by atoms with E-state index < -0.39 is 5.97 Å². The zero-order valence-electron chi connectivity index (χ0n) is 7.78. The van der Waals surface area contributed by atoms with Crippen LogP contribution in [0.5, 0.6) is 0 Å². The number of methoxy groups -OCH3 is 1. The molecule has 0 bridgehead atoms. The Morgan fingerprint density at radius 1 is 1.60 bits per heavy atom. The lowest BCUT2D eigenvalue weighted by Gasteiger charge is -2.01. The lowest BCUT2D eigenvalue weighted by Crippen LogP contribution is -2.03. The number of ether oxygens (including phenoxy) is 1. The van der Waals surface area contributed by atoms with Gasteiger partial charge in [0, 0.05) is 0 Å². The zero-order chi connectivity index (χ0) is 11.0. The second kappa shape index (κ2) is 3.67. The Morgan fingerprint density at radius 2 is 2.33 bits per heavy atom. The third kappa shape index (κ3) is 1.64. The van der Waals surface area contributed by atoms with Crippen LogP contribution in [0.25, 0.3) is 10.2 Å². The van der Waals surface area contributed by atoms with Crippen molar-refractivity contribution in [3.05, 3.63) is 22.7 Å². The van der Waals surface area contributed by atoms with Crippen molar-refractivity contribution in [1.82, 2.24) is 4.98 Å². The molecular weight excluding hydrogens is 236 g/mol. The Morgan fingerprint density at radius 3 is 3.00 bits per heavy atom. The number of hydrogen-bond acceptors (Lipinski definition) is 5. The number of hydrogen-bond donors (Lipinski definition) is 1. The molecule has 1 aromatic heterocycles. The fourth-order valence-electron chi connectivity index (χ4n) is 1.28. The van der Waals surface area contributed by atoms with Crippen LogP contribution in [0.15, 0.2) is 12.1 Å². The first-order valence-corrected chi connectivity index (χ1v) is 5.25. The van der Waals surface area contributed by atoms with Crippen molar-refractivity contribution >= 4 is 44.3 Å². The summed E-state index contributed by atoms with van der Waals surface area (Å²) < 4.78 is 5.45. The smallest absolute Gasteiger partial charge is 0.341 e. The highest BCUT2D eigenvalue weighted by atomic mass is 35.5. The summed E-state index contributed by atoms with van der Waals surface area (Å²) in [4.78, 5) is 15.5. The molecule has 0 saturated heterocycles. The van der Waals surface area contributed by atoms with Gasteiger partial charge < -0.3 is 10.5 Å². The van der Waals surface area contributed by atoms with E-state index in [2.05, 4.69) is 9.72 Å². The standard InChI is InChI=1S/C9H7ClN2O2S/c1-14-8(13)6-4(10)2-3-5-7(6)12-9(11)15-5/h2-3H,1H3,(H2,11,12). The number of rotatable bonds is 1. The number of nitrogens with two attached hydrogens (primary N) is 1. The summed E-state index contributed by atoms with van der Waals surface area (Å²) >= 11 is 7.21. The van der Waals surface area contributed by atoms with Crippen LogP contribution >= 0.6 is 22.9 Å². The monoisotopic (exact) mass is 242 g/mol. The molecule has 0 spiro atoms. The Balaban J connectivity index is 2.78. The molecule has 1 heterocycles. The number of benzene rings is 1. The first-order valence-electron chi connectivity index (χ1n) is 4.06. The van der Waals surface area contributed by atoms with E-state index in [4.69, 9.17) is 17.3 Å². The Labute approximate surface area is 94.6 Å². The molecule has 78 valence electrons. The van der Waals surface area contributed by atoms with E-state index in [1.165, 1.54) is 18.4 Å². The average molecular weight is 243 g/mol. The van der Waals surface area contributed by atoms with Crippen LogP contribution in [0.1, 0.15) is 10.4 Å². The normalized spacial score (nSPS) is 10.5. The third-order valence-electron chi connectivity index (χ3n) is 1.92. The van der Waals surface area contributed by atoms with E-state index >= 15 is 0 Å². The van der Waals surface area contributed by atoms with Crippen molar-refractivity contribution in [3.8, 4) is 0 Å². The van der Waals surface area contributed by atoms with Gasteiger partial charge in [0.25, 0.3) is 0 Å². The van der Waals surface area contributed by atoms with Crippen molar-refractivity contribution in [3.63, 3.8) is 0 Å². The molecular formula is C9H7ClN2O2S. The minimum Gasteiger partial charge on any atom is -0.465 e. The van der Waals surface area contributed by atoms with Gasteiger partial charge in [-0.25, -0.2) is 9.78 Å². The molecule has 0 aliphatic heterocycles. The van der Waals surface area contributed by atoms with E-state index in [1.807, 2.05) is 0 Å². The lowest BCUT2D eigenvalue weighted by molar-refractivity contribution is 0.0603. The van der Waals surface area contributed by atoms with Gasteiger partial charge in [0.05, 0.1) is 22.3 Å². The molecule has 15 heavy (non-hydrogen) atoms. The highest BCUT2D eigenvalue weighted by Crippen LogP contribution is 2.31. The summed E-state index contributed by atoms with van der Waals surface area (Å²) in [5.74, 6) is -0.504. The summed E-state index contributed by atoms with van der Waals surface area (Å²) in [5, 5.41) is 0.720. The molecule has 0 amide bonds. The first-order chi connectivity index (χ1) is 7.13. The van der Waals surface area contributed by atoms with E-state index in [1.54, 1.807) is 12.1 Å². The van der Waals surface area contributed by atoms with Crippen LogP contribution < -0.4 is 5.73 Å². The zero-order valence-corrected chi connectivity index (χ0v) is 9.35. The minimum absolute atomic E-state index is 0.268. The van der Waals surface area contributed by atoms with Crippen LogP contribution in [0.3, 0.4) is 0 Å². The molecule has 2 N–H and O–H groups in total. The fraction of sp³-hybridized carbons (Fsp3) is 0.111. The fourth-order valence-corrected chi connectivity index (χ4v) is 2.26. The third-order valence-corrected chi connectivity index (χ3v) is 3.08. The predicted octanol–water partition coefficient (Wildman–Crippen LogP) is 2.32. The molecule has 0 unspecified atom stereocenters. The van der Waals surface area contributed by atoms with Crippen molar-refractivity contribution in [2.75, 3.05) is 12.8 Å². The van der Waals surface area contributed by atoms with Gasteiger partial charge in [-0.1, -0.05) is 22.9 Å². The molecule has 6 heteroatoms. The number of fused-ring (bicyclic) bond motifs is 1. The number of aromatic nitrogens is 1. The molecule has 2 aromatic rings. The molecule has 0 aliphatic carbocycles. The second-order valence-corrected chi connectivity index (χ2v) is 4.28. The first kappa shape index (κ1) is 10.2. The Hall–Kier alpha value is -1.33. The number of anilines is 1. The van der Waals surface area contributed by atoms with Gasteiger partial charge in [0.2, 0.25) is 0 Å². The highest BCUT2D eigenvalue weighted by molar-refractivity contribution is 7.22. The number of esters is 1. The maximum absolute atomic E-state index is 11.5. The van der Waals surface area contributed by atoms with Crippen molar-refractivity contribution in [1.29, 1.82) is 0 Å². The van der Waals surface area contributed by atoms with Gasteiger partial charge >= 0.3 is 5.97 Å².